The lowest BCUT2D eigenvalue weighted by atomic mass is 9.46. The Bertz CT molecular complexity index is 1230. The van der Waals surface area contributed by atoms with Crippen molar-refractivity contribution in [3.63, 3.8) is 0 Å². The summed E-state index contributed by atoms with van der Waals surface area (Å²) in [6.45, 7) is 5.21. The van der Waals surface area contributed by atoms with E-state index in [4.69, 9.17) is 10.5 Å². The minimum absolute atomic E-state index is 0.0198. The van der Waals surface area contributed by atoms with Crippen LogP contribution in [0, 0.1) is 40.4 Å². The molecule has 8 N–H and O–H groups in total. The van der Waals surface area contributed by atoms with Gasteiger partial charge in [-0.25, -0.2) is 4.79 Å². The minimum Gasteiger partial charge on any atom is -0.478 e. The summed E-state index contributed by atoms with van der Waals surface area (Å²) in [5.41, 5.74) is 4.98. The van der Waals surface area contributed by atoms with Crippen LogP contribution in [0.3, 0.4) is 0 Å². The number of nitrogens with zero attached hydrogens (tertiary/aromatic N) is 2. The van der Waals surface area contributed by atoms with Crippen LogP contribution >= 0.6 is 0 Å². The van der Waals surface area contributed by atoms with Crippen LogP contribution in [-0.4, -0.2) is 108 Å². The summed E-state index contributed by atoms with van der Waals surface area (Å²) in [7, 11) is 1.69. The maximum Gasteiger partial charge on any atom is 0.334 e. The molecular formula is C35H57N5O6. The second-order valence-electron chi connectivity index (χ2n) is 15.2. The minimum atomic E-state index is -1.60. The third kappa shape index (κ3) is 5.33. The highest BCUT2D eigenvalue weighted by molar-refractivity contribution is 5.92. The topological polar surface area (TPSA) is 173 Å². The number of aliphatic carboxylic acids is 1. The number of carboxylic acids is 1. The van der Waals surface area contributed by atoms with Gasteiger partial charge in [0.1, 0.15) is 5.60 Å². The van der Waals surface area contributed by atoms with Crippen molar-refractivity contribution >= 4 is 11.9 Å². The summed E-state index contributed by atoms with van der Waals surface area (Å²) in [4.78, 5) is 19.6. The molecule has 10 unspecified atom stereocenters. The SMILES string of the molecule is CN=C(N)N1C=CC(CNCCO)C2(C1)C1CCC(C)C23CC(O)(COC2CCC(CCCO)C4NCCCC24)C(C(=O)O)=C3C1. The zero-order valence-electron chi connectivity index (χ0n) is 27.8. The zero-order valence-corrected chi connectivity index (χ0v) is 27.8. The van der Waals surface area contributed by atoms with Crippen molar-refractivity contribution in [1.29, 1.82) is 0 Å². The summed E-state index contributed by atoms with van der Waals surface area (Å²) in [5, 5.41) is 49.7. The van der Waals surface area contributed by atoms with Crippen molar-refractivity contribution in [1.82, 2.24) is 15.5 Å². The molecule has 11 heteroatoms. The van der Waals surface area contributed by atoms with E-state index >= 15 is 0 Å². The summed E-state index contributed by atoms with van der Waals surface area (Å²) in [5.74, 6) is 0.662. The molecule has 2 heterocycles. The number of piperidine rings is 1. The van der Waals surface area contributed by atoms with Crippen LogP contribution in [0.25, 0.3) is 0 Å². The molecule has 1 saturated heterocycles. The molecule has 2 bridgehead atoms. The van der Waals surface area contributed by atoms with Gasteiger partial charge in [-0.2, -0.15) is 0 Å². The Kier molecular flexibility index (Phi) is 9.92. The standard InChI is InChI=1S/C35H57N5O6/c1-22-7-9-24-17-27-29(31(43)44)33(45,21-46-28-10-8-23(5-4-15-41)30-26(28)6-3-12-39-30)19-34(22,27)35(24)20-40(32(36)37-2)14-11-25(35)18-38-13-16-42/h11,14,22-26,28,30,38-39,41-42,45H,3-10,12-13,15-21H2,1-2H3,(H2,36,37)(H,43,44). The fraction of sp³-hybridized carbons (Fsp3) is 0.829. The number of carboxylic acid groups (broad SMARTS) is 1. The molecule has 11 nitrogen and oxygen atoms in total. The van der Waals surface area contributed by atoms with Crippen LogP contribution in [0.15, 0.2) is 28.4 Å². The number of guanidine groups is 1. The third-order valence-electron chi connectivity index (χ3n) is 13.3. The van der Waals surface area contributed by atoms with Gasteiger partial charge in [-0.15, -0.1) is 0 Å². The van der Waals surface area contributed by atoms with Crippen LogP contribution in [-0.2, 0) is 9.53 Å². The van der Waals surface area contributed by atoms with Crippen LogP contribution in [0.5, 0.6) is 0 Å². The van der Waals surface area contributed by atoms with E-state index in [1.165, 1.54) is 0 Å². The Morgan fingerprint density at radius 1 is 1.22 bits per heavy atom. The fourth-order valence-corrected chi connectivity index (χ4v) is 11.5. The van der Waals surface area contributed by atoms with Gasteiger partial charge in [0.2, 0.25) is 0 Å². The van der Waals surface area contributed by atoms with E-state index in [2.05, 4.69) is 28.6 Å². The Morgan fingerprint density at radius 2 is 2.04 bits per heavy atom. The lowest BCUT2D eigenvalue weighted by molar-refractivity contribution is -0.147. The number of aliphatic hydroxyl groups excluding tert-OH is 2. The Morgan fingerprint density at radius 3 is 2.78 bits per heavy atom. The van der Waals surface area contributed by atoms with Crippen molar-refractivity contribution in [2.75, 3.05) is 53.0 Å². The number of fused-ring (bicyclic) bond motifs is 1. The van der Waals surface area contributed by atoms with Crippen LogP contribution in [0.1, 0.15) is 71.1 Å². The van der Waals surface area contributed by atoms with Gasteiger partial charge in [0.05, 0.1) is 24.9 Å². The average molecular weight is 644 g/mol. The average Bonchev–Trinajstić information content (AvgIpc) is 3.40. The first kappa shape index (κ1) is 33.9. The van der Waals surface area contributed by atoms with E-state index in [0.29, 0.717) is 56.3 Å². The third-order valence-corrected chi connectivity index (χ3v) is 13.3. The molecule has 2 aliphatic heterocycles. The highest BCUT2D eigenvalue weighted by Crippen LogP contribution is 2.77. The number of carbonyl (C=O) groups is 1. The summed E-state index contributed by atoms with van der Waals surface area (Å²) in [6.07, 6.45) is 12.9. The van der Waals surface area contributed by atoms with Crippen molar-refractivity contribution in [2.24, 2.45) is 51.1 Å². The molecule has 0 radical (unpaired) electrons. The van der Waals surface area contributed by atoms with Crippen LogP contribution in [0.4, 0.5) is 0 Å². The number of hydrogen-bond acceptors (Lipinski definition) is 8. The van der Waals surface area contributed by atoms with Crippen molar-refractivity contribution < 1.29 is 30.0 Å². The van der Waals surface area contributed by atoms with Gasteiger partial charge in [0.15, 0.2) is 5.96 Å². The van der Waals surface area contributed by atoms with Gasteiger partial charge < -0.3 is 46.4 Å². The lowest BCUT2D eigenvalue weighted by Gasteiger charge is -2.61. The van der Waals surface area contributed by atoms with Crippen molar-refractivity contribution in [3.05, 3.63) is 23.4 Å². The number of ether oxygens (including phenoxy) is 1. The number of aliphatic hydroxyl groups is 3. The van der Waals surface area contributed by atoms with Gasteiger partial charge in [-0.1, -0.05) is 13.0 Å². The number of allylic oxidation sites excluding steroid dienone is 1. The van der Waals surface area contributed by atoms with Crippen LogP contribution in [0.2, 0.25) is 0 Å². The Hall–Kier alpha value is -2.02. The molecule has 258 valence electrons. The number of aliphatic imine (C=N–C) groups is 1. The lowest BCUT2D eigenvalue weighted by Crippen LogP contribution is -2.62. The van der Waals surface area contributed by atoms with E-state index in [1.54, 1.807) is 7.05 Å². The molecule has 6 rings (SSSR count). The predicted octanol–water partition coefficient (Wildman–Crippen LogP) is 1.83. The van der Waals surface area contributed by atoms with Gasteiger partial charge >= 0.3 is 5.97 Å². The molecule has 4 aliphatic carbocycles. The Balaban J connectivity index is 1.34. The molecule has 46 heavy (non-hydrogen) atoms. The molecule has 0 amide bonds. The second kappa shape index (κ2) is 13.5. The van der Waals surface area contributed by atoms with Crippen molar-refractivity contribution in [2.45, 2.75) is 88.9 Å². The smallest absolute Gasteiger partial charge is 0.334 e. The molecule has 6 aliphatic rings. The molecule has 2 spiro atoms. The molecule has 0 aromatic heterocycles. The molecule has 4 fully saturated rings. The first-order valence-electron chi connectivity index (χ1n) is 17.8. The molecular weight excluding hydrogens is 586 g/mol. The maximum atomic E-state index is 13.2. The van der Waals surface area contributed by atoms with Gasteiger partial charge in [-0.05, 0) is 100.0 Å². The highest BCUT2D eigenvalue weighted by atomic mass is 16.5. The van der Waals surface area contributed by atoms with E-state index in [9.17, 15) is 25.2 Å². The predicted molar refractivity (Wildman–Crippen MR) is 176 cm³/mol. The highest BCUT2D eigenvalue weighted by Gasteiger charge is 2.75. The number of hydrogen-bond donors (Lipinski definition) is 7. The number of nitrogens with two attached hydrogens (primary N) is 1. The van der Waals surface area contributed by atoms with E-state index in [1.807, 2.05) is 11.1 Å². The maximum absolute atomic E-state index is 13.2. The molecule has 0 aromatic rings. The first-order chi connectivity index (χ1) is 22.2. The normalized spacial score (nSPS) is 42.1. The van der Waals surface area contributed by atoms with E-state index < -0.39 is 17.0 Å². The molecule has 0 aromatic carbocycles. The monoisotopic (exact) mass is 643 g/mol. The van der Waals surface area contributed by atoms with Crippen LogP contribution < -0.4 is 16.4 Å². The largest absolute Gasteiger partial charge is 0.478 e. The quantitative estimate of drug-likeness (QED) is 0.100. The van der Waals surface area contributed by atoms with E-state index in [0.717, 1.165) is 63.5 Å². The Labute approximate surface area is 273 Å². The van der Waals surface area contributed by atoms with Crippen molar-refractivity contribution in [3.8, 4) is 0 Å². The van der Waals surface area contributed by atoms with E-state index in [-0.39, 0.29) is 54.7 Å². The summed E-state index contributed by atoms with van der Waals surface area (Å²) in [6, 6.07) is 0.327. The molecule has 10 atom stereocenters. The van der Waals surface area contributed by atoms with Gasteiger partial charge in [0, 0.05) is 62.3 Å². The number of rotatable bonds is 11. The summed E-state index contributed by atoms with van der Waals surface area (Å²) >= 11 is 0. The van der Waals surface area contributed by atoms with Gasteiger partial charge in [0.25, 0.3) is 0 Å². The van der Waals surface area contributed by atoms with Gasteiger partial charge in [-0.3, -0.25) is 4.99 Å². The molecule has 3 saturated carbocycles. The summed E-state index contributed by atoms with van der Waals surface area (Å²) < 4.78 is 6.73. The number of nitrogens with one attached hydrogen (secondary N) is 2. The fourth-order valence-electron chi connectivity index (χ4n) is 11.5. The first-order valence-corrected chi connectivity index (χ1v) is 17.8. The zero-order chi connectivity index (χ0) is 32.7. The second-order valence-corrected chi connectivity index (χ2v) is 15.2.